The van der Waals surface area contributed by atoms with Crippen molar-refractivity contribution in [2.75, 3.05) is 5.32 Å². The van der Waals surface area contributed by atoms with Crippen LogP contribution < -0.4 is 5.32 Å². The molecule has 0 amide bonds. The van der Waals surface area contributed by atoms with Gasteiger partial charge < -0.3 is 5.32 Å². The molecule has 0 spiro atoms. The lowest BCUT2D eigenvalue weighted by Crippen LogP contribution is -2.27. The fourth-order valence-corrected chi connectivity index (χ4v) is 2.45. The van der Waals surface area contributed by atoms with Gasteiger partial charge in [-0.1, -0.05) is 25.3 Å². The third-order valence-corrected chi connectivity index (χ3v) is 3.47. The SMILES string of the molecule is N#CC1CCCCCC1Nc1cccc(F)c1F. The van der Waals surface area contributed by atoms with Crippen LogP contribution >= 0.6 is 0 Å². The summed E-state index contributed by atoms with van der Waals surface area (Å²) in [5.41, 5.74) is 0.155. The first-order chi connectivity index (χ1) is 8.72. The molecule has 1 N–H and O–H groups in total. The van der Waals surface area contributed by atoms with E-state index in [4.69, 9.17) is 5.26 Å². The van der Waals surface area contributed by atoms with E-state index >= 15 is 0 Å². The van der Waals surface area contributed by atoms with Gasteiger partial charge in [-0.05, 0) is 25.0 Å². The van der Waals surface area contributed by atoms with Crippen LogP contribution in [0.2, 0.25) is 0 Å². The fourth-order valence-electron chi connectivity index (χ4n) is 2.45. The van der Waals surface area contributed by atoms with Gasteiger partial charge in [0.2, 0.25) is 0 Å². The minimum Gasteiger partial charge on any atom is -0.379 e. The van der Waals surface area contributed by atoms with E-state index in [1.165, 1.54) is 12.1 Å². The lowest BCUT2D eigenvalue weighted by molar-refractivity contribution is 0.492. The van der Waals surface area contributed by atoms with Crippen molar-refractivity contribution < 1.29 is 8.78 Å². The van der Waals surface area contributed by atoms with Crippen LogP contribution in [0.1, 0.15) is 32.1 Å². The van der Waals surface area contributed by atoms with Crippen molar-refractivity contribution in [3.8, 4) is 6.07 Å². The van der Waals surface area contributed by atoms with E-state index in [2.05, 4.69) is 11.4 Å². The van der Waals surface area contributed by atoms with Crippen LogP contribution in [0.25, 0.3) is 0 Å². The highest BCUT2D eigenvalue weighted by molar-refractivity contribution is 5.46. The Morgan fingerprint density at radius 2 is 1.94 bits per heavy atom. The maximum atomic E-state index is 13.6. The Labute approximate surface area is 106 Å². The third kappa shape index (κ3) is 2.79. The number of nitrogens with one attached hydrogen (secondary N) is 1. The highest BCUT2D eigenvalue weighted by Gasteiger charge is 2.24. The number of nitrogens with zero attached hydrogens (tertiary/aromatic N) is 1. The summed E-state index contributed by atoms with van der Waals surface area (Å²) in [7, 11) is 0. The van der Waals surface area contributed by atoms with Crippen LogP contribution in [-0.4, -0.2) is 6.04 Å². The van der Waals surface area contributed by atoms with Gasteiger partial charge in [0.15, 0.2) is 11.6 Å². The quantitative estimate of drug-likeness (QED) is 0.809. The molecule has 1 aliphatic rings. The van der Waals surface area contributed by atoms with Crippen molar-refractivity contribution in [3.63, 3.8) is 0 Å². The van der Waals surface area contributed by atoms with E-state index in [0.717, 1.165) is 38.2 Å². The molecule has 96 valence electrons. The van der Waals surface area contributed by atoms with Gasteiger partial charge in [-0.3, -0.25) is 0 Å². The largest absolute Gasteiger partial charge is 0.379 e. The van der Waals surface area contributed by atoms with Crippen LogP contribution in [0.15, 0.2) is 18.2 Å². The number of halogens is 2. The van der Waals surface area contributed by atoms with Gasteiger partial charge in [0.25, 0.3) is 0 Å². The minimum absolute atomic E-state index is 0.0891. The zero-order chi connectivity index (χ0) is 13.0. The summed E-state index contributed by atoms with van der Waals surface area (Å²) < 4.78 is 26.7. The molecule has 0 heterocycles. The molecule has 18 heavy (non-hydrogen) atoms. The molecule has 0 aromatic heterocycles. The second kappa shape index (κ2) is 5.81. The highest BCUT2D eigenvalue weighted by Crippen LogP contribution is 2.27. The normalized spacial score (nSPS) is 24.1. The van der Waals surface area contributed by atoms with Crippen molar-refractivity contribution in [1.82, 2.24) is 0 Å². The van der Waals surface area contributed by atoms with E-state index in [9.17, 15) is 8.78 Å². The van der Waals surface area contributed by atoms with Gasteiger partial charge in [-0.25, -0.2) is 8.78 Å². The number of rotatable bonds is 2. The van der Waals surface area contributed by atoms with Gasteiger partial charge in [-0.15, -0.1) is 0 Å². The van der Waals surface area contributed by atoms with Gasteiger partial charge in [0, 0.05) is 6.04 Å². The molecule has 2 unspecified atom stereocenters. The molecule has 0 saturated heterocycles. The van der Waals surface area contributed by atoms with E-state index in [1.54, 1.807) is 0 Å². The van der Waals surface area contributed by atoms with Crippen molar-refractivity contribution >= 4 is 5.69 Å². The maximum absolute atomic E-state index is 13.6. The Kier molecular flexibility index (Phi) is 4.14. The Balaban J connectivity index is 2.16. The molecule has 4 heteroatoms. The standard InChI is InChI=1S/C14H16F2N2/c15-11-6-4-8-13(14(11)16)18-12-7-3-1-2-5-10(12)9-17/h4,6,8,10,12,18H,1-3,5,7H2. The molecule has 2 atom stereocenters. The first-order valence-electron chi connectivity index (χ1n) is 6.32. The minimum atomic E-state index is -0.863. The highest BCUT2D eigenvalue weighted by atomic mass is 19.2. The second-order valence-electron chi connectivity index (χ2n) is 4.73. The van der Waals surface area contributed by atoms with Crippen LogP contribution in [0.5, 0.6) is 0 Å². The first-order valence-corrected chi connectivity index (χ1v) is 6.32. The number of nitriles is 1. The van der Waals surface area contributed by atoms with Crippen molar-refractivity contribution in [1.29, 1.82) is 5.26 Å². The first kappa shape index (κ1) is 12.8. The molecule has 0 aliphatic heterocycles. The summed E-state index contributed by atoms with van der Waals surface area (Å²) in [6, 6.07) is 6.26. The maximum Gasteiger partial charge on any atom is 0.181 e. The average Bonchev–Trinajstić information content (AvgIpc) is 2.60. The molecule has 1 aromatic carbocycles. The Morgan fingerprint density at radius 1 is 1.17 bits per heavy atom. The zero-order valence-electron chi connectivity index (χ0n) is 10.1. The molecule has 2 nitrogen and oxygen atoms in total. The predicted molar refractivity (Wildman–Crippen MR) is 66.0 cm³/mol. The van der Waals surface area contributed by atoms with Crippen molar-refractivity contribution in [3.05, 3.63) is 29.8 Å². The molecule has 1 saturated carbocycles. The number of benzene rings is 1. The number of hydrogen-bond acceptors (Lipinski definition) is 2. The van der Waals surface area contributed by atoms with Crippen LogP contribution in [0, 0.1) is 28.9 Å². The predicted octanol–water partition coefficient (Wildman–Crippen LogP) is 3.85. The third-order valence-electron chi connectivity index (χ3n) is 3.47. The Morgan fingerprint density at radius 3 is 2.72 bits per heavy atom. The molecule has 1 aromatic rings. The lowest BCUT2D eigenvalue weighted by Gasteiger charge is -2.22. The number of hydrogen-bond donors (Lipinski definition) is 1. The zero-order valence-corrected chi connectivity index (χ0v) is 10.1. The monoisotopic (exact) mass is 250 g/mol. The van der Waals surface area contributed by atoms with E-state index in [0.29, 0.717) is 0 Å². The van der Waals surface area contributed by atoms with Gasteiger partial charge in [-0.2, -0.15) is 5.26 Å². The summed E-state index contributed by atoms with van der Waals surface area (Å²) >= 11 is 0. The lowest BCUT2D eigenvalue weighted by atomic mass is 9.96. The van der Waals surface area contributed by atoms with E-state index < -0.39 is 11.6 Å². The molecule has 2 rings (SSSR count). The van der Waals surface area contributed by atoms with E-state index in [-0.39, 0.29) is 17.6 Å². The molecular weight excluding hydrogens is 234 g/mol. The van der Waals surface area contributed by atoms with Crippen molar-refractivity contribution in [2.24, 2.45) is 5.92 Å². The summed E-state index contributed by atoms with van der Waals surface area (Å²) in [5.74, 6) is -1.85. The second-order valence-corrected chi connectivity index (χ2v) is 4.73. The van der Waals surface area contributed by atoms with Gasteiger partial charge in [0.05, 0.1) is 17.7 Å². The van der Waals surface area contributed by atoms with Crippen molar-refractivity contribution in [2.45, 2.75) is 38.1 Å². The van der Waals surface area contributed by atoms with E-state index in [1.807, 2.05) is 0 Å². The average molecular weight is 250 g/mol. The fraction of sp³-hybridized carbons (Fsp3) is 0.500. The summed E-state index contributed by atoms with van der Waals surface area (Å²) in [4.78, 5) is 0. The Bertz CT molecular complexity index is 454. The molecule has 0 radical (unpaired) electrons. The molecule has 1 fully saturated rings. The summed E-state index contributed by atoms with van der Waals surface area (Å²) in [6.45, 7) is 0. The molecular formula is C14H16F2N2. The summed E-state index contributed by atoms with van der Waals surface area (Å²) in [6.07, 6.45) is 4.80. The molecule has 0 bridgehead atoms. The topological polar surface area (TPSA) is 35.8 Å². The van der Waals surface area contributed by atoms with Crippen LogP contribution in [0.4, 0.5) is 14.5 Å². The van der Waals surface area contributed by atoms with Crippen LogP contribution in [-0.2, 0) is 0 Å². The molecule has 1 aliphatic carbocycles. The van der Waals surface area contributed by atoms with Gasteiger partial charge in [0.1, 0.15) is 0 Å². The van der Waals surface area contributed by atoms with Gasteiger partial charge >= 0.3 is 0 Å². The number of anilines is 1. The Hall–Kier alpha value is -1.63. The van der Waals surface area contributed by atoms with Crippen LogP contribution in [0.3, 0.4) is 0 Å². The summed E-state index contributed by atoms with van der Waals surface area (Å²) in [5, 5.41) is 12.1. The smallest absolute Gasteiger partial charge is 0.181 e.